The molecule has 0 spiro atoms. The van der Waals surface area contributed by atoms with Crippen LogP contribution >= 0.6 is 11.8 Å². The van der Waals surface area contributed by atoms with Gasteiger partial charge in [-0.25, -0.2) is 9.97 Å². The number of hydrogen-bond acceptors (Lipinski definition) is 6. The summed E-state index contributed by atoms with van der Waals surface area (Å²) in [5, 5.41) is 4.27. The molecule has 6 heteroatoms. The van der Waals surface area contributed by atoms with Crippen LogP contribution in [0.1, 0.15) is 33.5 Å². The van der Waals surface area contributed by atoms with Crippen molar-refractivity contribution in [3.8, 4) is 0 Å². The predicted molar refractivity (Wildman–Crippen MR) is 90.0 cm³/mol. The minimum absolute atomic E-state index is 0.472. The van der Waals surface area contributed by atoms with Crippen molar-refractivity contribution in [2.45, 2.75) is 39.3 Å². The summed E-state index contributed by atoms with van der Waals surface area (Å²) in [6, 6.07) is 2.02. The van der Waals surface area contributed by atoms with E-state index in [0.29, 0.717) is 13.2 Å². The van der Waals surface area contributed by atoms with Crippen molar-refractivity contribution >= 4 is 17.6 Å². The lowest BCUT2D eigenvalue weighted by Gasteiger charge is -2.17. The normalized spacial score (nSPS) is 11.1. The fourth-order valence-electron chi connectivity index (χ4n) is 1.90. The molecular weight excluding hydrogens is 284 g/mol. The van der Waals surface area contributed by atoms with Crippen molar-refractivity contribution in [3.63, 3.8) is 0 Å². The minimum atomic E-state index is 0.472. The maximum absolute atomic E-state index is 5.41. The highest BCUT2D eigenvalue weighted by atomic mass is 32.2. The van der Waals surface area contributed by atoms with Crippen LogP contribution in [-0.4, -0.2) is 53.4 Å². The van der Waals surface area contributed by atoms with Gasteiger partial charge in [-0.05, 0) is 26.9 Å². The molecule has 1 rings (SSSR count). The number of nitrogens with one attached hydrogen (secondary N) is 1. The lowest BCUT2D eigenvalue weighted by molar-refractivity contribution is 0.128. The molecule has 0 aliphatic rings. The SMILES string of the molecule is CCNc1cc(SCCN(CC)CC)nc(COCC)n1. The van der Waals surface area contributed by atoms with Gasteiger partial charge in [-0.2, -0.15) is 0 Å². The molecule has 0 aromatic carbocycles. The second-order valence-electron chi connectivity index (χ2n) is 4.55. The first-order valence-corrected chi connectivity index (χ1v) is 8.76. The van der Waals surface area contributed by atoms with Crippen LogP contribution in [0.4, 0.5) is 5.82 Å². The Morgan fingerprint density at radius 3 is 2.57 bits per heavy atom. The van der Waals surface area contributed by atoms with Gasteiger partial charge in [0.25, 0.3) is 0 Å². The zero-order valence-electron chi connectivity index (χ0n) is 13.7. The van der Waals surface area contributed by atoms with Crippen LogP contribution in [0.25, 0.3) is 0 Å². The first-order chi connectivity index (χ1) is 10.2. The van der Waals surface area contributed by atoms with Gasteiger partial charge in [0.2, 0.25) is 0 Å². The Hall–Kier alpha value is -0.850. The molecule has 0 saturated carbocycles. The van der Waals surface area contributed by atoms with E-state index < -0.39 is 0 Å². The van der Waals surface area contributed by atoms with E-state index in [-0.39, 0.29) is 0 Å². The summed E-state index contributed by atoms with van der Waals surface area (Å²) in [5.41, 5.74) is 0. The van der Waals surface area contributed by atoms with Crippen molar-refractivity contribution in [2.24, 2.45) is 0 Å². The molecule has 1 N–H and O–H groups in total. The largest absolute Gasteiger partial charge is 0.374 e. The number of anilines is 1. The molecule has 21 heavy (non-hydrogen) atoms. The van der Waals surface area contributed by atoms with Gasteiger partial charge in [0.05, 0.1) is 0 Å². The van der Waals surface area contributed by atoms with Crippen LogP contribution < -0.4 is 5.32 Å². The number of hydrogen-bond donors (Lipinski definition) is 1. The van der Waals surface area contributed by atoms with Crippen molar-refractivity contribution in [1.82, 2.24) is 14.9 Å². The molecule has 0 atom stereocenters. The molecule has 0 unspecified atom stereocenters. The van der Waals surface area contributed by atoms with Crippen molar-refractivity contribution < 1.29 is 4.74 Å². The maximum atomic E-state index is 5.41. The van der Waals surface area contributed by atoms with Crippen molar-refractivity contribution in [3.05, 3.63) is 11.9 Å². The average Bonchev–Trinajstić information content (AvgIpc) is 2.50. The van der Waals surface area contributed by atoms with E-state index in [4.69, 9.17) is 4.74 Å². The zero-order chi connectivity index (χ0) is 15.5. The van der Waals surface area contributed by atoms with E-state index >= 15 is 0 Å². The Bertz CT molecular complexity index is 399. The Morgan fingerprint density at radius 1 is 1.19 bits per heavy atom. The number of ether oxygens (including phenoxy) is 1. The number of nitrogens with zero attached hydrogens (tertiary/aromatic N) is 3. The van der Waals surface area contributed by atoms with E-state index in [1.54, 1.807) is 11.8 Å². The third kappa shape index (κ3) is 7.11. The standard InChI is InChI=1S/C15H28N4OS/c1-5-16-13-11-15(18-14(17-13)12-20-8-4)21-10-9-19(6-2)7-3/h11H,5-10,12H2,1-4H3,(H,16,17,18). The molecule has 1 aromatic rings. The molecule has 120 valence electrons. The van der Waals surface area contributed by atoms with Gasteiger partial charge in [-0.3, -0.25) is 0 Å². The molecule has 1 heterocycles. The monoisotopic (exact) mass is 312 g/mol. The fourth-order valence-corrected chi connectivity index (χ4v) is 2.82. The molecular formula is C15H28N4OS. The fraction of sp³-hybridized carbons (Fsp3) is 0.733. The third-order valence-electron chi connectivity index (χ3n) is 3.09. The van der Waals surface area contributed by atoms with Crippen molar-refractivity contribution in [1.29, 1.82) is 0 Å². The average molecular weight is 312 g/mol. The van der Waals surface area contributed by atoms with Crippen LogP contribution in [0.5, 0.6) is 0 Å². The highest BCUT2D eigenvalue weighted by Gasteiger charge is 2.06. The number of aromatic nitrogens is 2. The van der Waals surface area contributed by atoms with Crippen LogP contribution in [0.3, 0.4) is 0 Å². The lowest BCUT2D eigenvalue weighted by Crippen LogP contribution is -2.25. The predicted octanol–water partition coefficient (Wildman–Crippen LogP) is 2.88. The molecule has 0 saturated heterocycles. The smallest absolute Gasteiger partial charge is 0.157 e. The molecule has 0 fully saturated rings. The molecule has 0 aliphatic heterocycles. The van der Waals surface area contributed by atoms with Crippen LogP contribution in [-0.2, 0) is 11.3 Å². The number of rotatable bonds is 11. The summed E-state index contributed by atoms with van der Waals surface area (Å²) < 4.78 is 5.41. The Labute approximate surface area is 132 Å². The van der Waals surface area contributed by atoms with Gasteiger partial charge in [-0.15, -0.1) is 11.8 Å². The van der Waals surface area contributed by atoms with E-state index in [1.807, 2.05) is 13.0 Å². The zero-order valence-corrected chi connectivity index (χ0v) is 14.5. The molecule has 0 radical (unpaired) electrons. The molecule has 5 nitrogen and oxygen atoms in total. The van der Waals surface area contributed by atoms with Gasteiger partial charge in [-0.1, -0.05) is 13.8 Å². The summed E-state index contributed by atoms with van der Waals surface area (Å²) in [6.45, 7) is 13.7. The van der Waals surface area contributed by atoms with E-state index in [9.17, 15) is 0 Å². The highest BCUT2D eigenvalue weighted by Crippen LogP contribution is 2.19. The van der Waals surface area contributed by atoms with Crippen LogP contribution in [0.2, 0.25) is 0 Å². The Morgan fingerprint density at radius 2 is 1.95 bits per heavy atom. The first kappa shape index (κ1) is 18.2. The highest BCUT2D eigenvalue weighted by molar-refractivity contribution is 7.99. The summed E-state index contributed by atoms with van der Waals surface area (Å²) in [6.07, 6.45) is 0. The van der Waals surface area contributed by atoms with Gasteiger partial charge in [0.15, 0.2) is 5.82 Å². The van der Waals surface area contributed by atoms with Gasteiger partial charge < -0.3 is 15.0 Å². The summed E-state index contributed by atoms with van der Waals surface area (Å²) in [4.78, 5) is 11.5. The second-order valence-corrected chi connectivity index (χ2v) is 5.67. The Balaban J connectivity index is 2.63. The van der Waals surface area contributed by atoms with Crippen LogP contribution in [0.15, 0.2) is 11.1 Å². The molecule has 1 aromatic heterocycles. The summed E-state index contributed by atoms with van der Waals surface area (Å²) in [7, 11) is 0. The van der Waals surface area contributed by atoms with Crippen LogP contribution in [0, 0.1) is 0 Å². The molecule has 0 bridgehead atoms. The molecule has 0 amide bonds. The second kappa shape index (κ2) is 10.8. The van der Waals surface area contributed by atoms with Gasteiger partial charge in [0.1, 0.15) is 17.5 Å². The van der Waals surface area contributed by atoms with Gasteiger partial charge in [0, 0.05) is 31.5 Å². The minimum Gasteiger partial charge on any atom is -0.374 e. The summed E-state index contributed by atoms with van der Waals surface area (Å²) in [5.74, 6) is 2.67. The van der Waals surface area contributed by atoms with Crippen molar-refractivity contribution in [2.75, 3.05) is 43.9 Å². The topological polar surface area (TPSA) is 50.3 Å². The van der Waals surface area contributed by atoms with E-state index in [2.05, 4.69) is 41.0 Å². The lowest BCUT2D eigenvalue weighted by atomic mass is 10.5. The molecule has 0 aliphatic carbocycles. The van der Waals surface area contributed by atoms with E-state index in [0.717, 1.165) is 48.6 Å². The summed E-state index contributed by atoms with van der Waals surface area (Å²) >= 11 is 1.78. The van der Waals surface area contributed by atoms with Gasteiger partial charge >= 0.3 is 0 Å². The first-order valence-electron chi connectivity index (χ1n) is 7.78. The quantitative estimate of drug-likeness (QED) is 0.501. The van der Waals surface area contributed by atoms with E-state index in [1.165, 1.54) is 0 Å². The third-order valence-corrected chi connectivity index (χ3v) is 3.99. The number of thioether (sulfide) groups is 1. The maximum Gasteiger partial charge on any atom is 0.157 e. The Kier molecular flexibility index (Phi) is 9.37.